The summed E-state index contributed by atoms with van der Waals surface area (Å²) in [5, 5.41) is 28.9. The van der Waals surface area contributed by atoms with E-state index >= 15 is 28.8 Å². The molecule has 4 heterocycles. The molecule has 0 spiro atoms. The van der Waals surface area contributed by atoms with Crippen LogP contribution >= 0.6 is 0 Å². The predicted molar refractivity (Wildman–Crippen MR) is 429 cm³/mol. The highest BCUT2D eigenvalue weighted by molar-refractivity contribution is 6.01. The molecule has 1 unspecified atom stereocenters. The zero-order chi connectivity index (χ0) is 77.6. The Morgan fingerprint density at radius 3 is 1.37 bits per heavy atom. The van der Waals surface area contributed by atoms with Crippen molar-refractivity contribution < 1.29 is 38.4 Å². The zero-order valence-corrected chi connectivity index (χ0v) is 64.2. The number of nitrogens with one attached hydrogen (secondary N) is 9. The molecule has 9 N–H and O–H groups in total. The normalized spacial score (nSPS) is 20.2. The maximum Gasteiger partial charge on any atom is 0.255 e. The Morgan fingerprint density at radius 1 is 0.455 bits per heavy atom. The van der Waals surface area contributed by atoms with Crippen molar-refractivity contribution in [3.63, 3.8) is 0 Å². The highest BCUT2D eigenvalue weighted by Gasteiger charge is 2.53. The van der Waals surface area contributed by atoms with Gasteiger partial charge in [0.25, 0.3) is 16.8 Å². The van der Waals surface area contributed by atoms with Gasteiger partial charge in [0.2, 0.25) is 35.4 Å². The van der Waals surface area contributed by atoms with Crippen molar-refractivity contribution in [3.05, 3.63) is 236 Å². The van der Waals surface area contributed by atoms with Crippen LogP contribution in [-0.4, -0.2) is 132 Å². The van der Waals surface area contributed by atoms with Crippen LogP contribution in [0.4, 0.5) is 11.4 Å². The van der Waals surface area contributed by atoms with Gasteiger partial charge in [0.15, 0.2) is 11.3 Å². The summed E-state index contributed by atoms with van der Waals surface area (Å²) in [5.74, 6) is -3.33. The van der Waals surface area contributed by atoms with Gasteiger partial charge in [0.1, 0.15) is 41.1 Å². The second-order valence-electron chi connectivity index (χ2n) is 30.3. The van der Waals surface area contributed by atoms with E-state index in [0.29, 0.717) is 151 Å². The molecule has 9 atom stereocenters. The molecule has 110 heavy (non-hydrogen) atoms. The van der Waals surface area contributed by atoms with Crippen LogP contribution in [-0.2, 0) is 62.4 Å². The molecule has 0 aromatic heterocycles. The van der Waals surface area contributed by atoms with E-state index in [1.165, 1.54) is 5.56 Å². The first-order valence-electron chi connectivity index (χ1n) is 40.3. The van der Waals surface area contributed by atoms with Gasteiger partial charge in [-0.1, -0.05) is 209 Å². The summed E-state index contributed by atoms with van der Waals surface area (Å²) in [6, 6.07) is 52.2. The summed E-state index contributed by atoms with van der Waals surface area (Å²) in [6.45, 7) is 7.73. The molecular weight excluding hydrogens is 1380 g/mol. The number of unbranched alkanes of at least 4 members (excludes halogenated alkanes) is 3. The van der Waals surface area contributed by atoms with Crippen LogP contribution in [0, 0.1) is 17.8 Å². The average molecular weight is 1490 g/mol. The Labute approximate surface area is 647 Å². The molecule has 7 amide bonds. The summed E-state index contributed by atoms with van der Waals surface area (Å²) in [4.78, 5) is 149. The minimum absolute atomic E-state index is 0.0678. The standard InChI is InChI=1S/C89H111N11O10/c1-5-62(6-2)81(104)95-75-63(37-31-36-60-32-15-8-16-33-60)47-49-69-51-54-73(99(69)85(75)108)84(107)98-89(67-42-23-12-24-43-67,68-44-25-13-26-45-68)87(110)94-57-30-29-56-93-78-77(79(102)80(78)103)92-55-28-14-27-46-74(101)88(65-38-19-10-20-39-65,66-40-21-11-22-41-66)97-83(106)72-53-52-70-50-48-64(59-91-58-61-34-17-9-18-35-61)76(86(109)100(70)72)96-82(105)71(7-3)90-4/h8-13,15-26,32-35,38-45,62-64,69-73,75-76,90-93H,5-7,14,27-31,36-37,46-59H2,1-4H3,(H,94,110)(H,95,104)(H,96,105)(H,97,106)(H,98,107)/t63-,64+,69-,70-,71-,72-,73-,75?,76-/m0/s1. The first-order chi connectivity index (χ1) is 53.6. The second kappa shape index (κ2) is 39.0. The first kappa shape index (κ1) is 80.9. The third-order valence-corrected chi connectivity index (χ3v) is 23.5. The van der Waals surface area contributed by atoms with Gasteiger partial charge in [0, 0.05) is 63.1 Å². The number of benzene rings is 6. The average Bonchev–Trinajstić information content (AvgIpc) is 1.04. The van der Waals surface area contributed by atoms with Crippen LogP contribution in [0.2, 0.25) is 0 Å². The van der Waals surface area contributed by atoms with Gasteiger partial charge >= 0.3 is 0 Å². The van der Waals surface area contributed by atoms with Crippen LogP contribution in [0.3, 0.4) is 0 Å². The Bertz CT molecular complexity index is 3920. The number of ketones is 1. The molecule has 7 aromatic carbocycles. The first-order valence-corrected chi connectivity index (χ1v) is 40.3. The summed E-state index contributed by atoms with van der Waals surface area (Å²) in [7, 11) is 1.72. The van der Waals surface area contributed by atoms with E-state index in [0.717, 1.165) is 24.8 Å². The SMILES string of the molecule is CCC(CC)C(=O)NC1C(=O)N2[C@@H](CC[C@@H]1CCCc1ccccc1)CC[C@H]2C(=O)NC(C(=O)NCCCCNc1c(NCCCCCC(=O)C(NC(=O)[C@@H]2CC[C@@H]3CC[C@H](CNCc4ccccc4)[C@H](NC(=O)[C@H](CC)NC)C(=O)N32)(c2ccccc2)c2ccccc2)c(=O)c1=O)(c1ccccc1)c1ccccc1. The van der Waals surface area contributed by atoms with Crippen LogP contribution < -0.4 is 58.7 Å². The smallest absolute Gasteiger partial charge is 0.255 e. The monoisotopic (exact) mass is 1490 g/mol. The van der Waals surface area contributed by atoms with Gasteiger partial charge < -0.3 is 57.7 Å². The van der Waals surface area contributed by atoms with Crippen molar-refractivity contribution in [1.29, 1.82) is 0 Å². The van der Waals surface area contributed by atoms with E-state index in [-0.39, 0.29) is 83.6 Å². The number of aryl methyl sites for hydroxylation is 1. The van der Waals surface area contributed by atoms with Crippen LogP contribution in [0.1, 0.15) is 176 Å². The predicted octanol–water partition coefficient (Wildman–Crippen LogP) is 10.0. The summed E-state index contributed by atoms with van der Waals surface area (Å²) < 4.78 is 0. The number of anilines is 2. The van der Waals surface area contributed by atoms with Gasteiger partial charge in [-0.05, 0) is 162 Å². The molecule has 21 nitrogen and oxygen atoms in total. The number of Topliss-reactive ketones (excluding diaryl/α,β-unsaturated/α-hetero) is 1. The van der Waals surface area contributed by atoms with E-state index in [2.05, 4.69) is 60.0 Å². The lowest BCUT2D eigenvalue weighted by Crippen LogP contribution is -2.62. The maximum atomic E-state index is 15.4. The number of carbonyl (C=O) groups excluding carboxylic acids is 8. The van der Waals surface area contributed by atoms with E-state index < -0.39 is 69.9 Å². The van der Waals surface area contributed by atoms with E-state index in [4.69, 9.17) is 0 Å². The highest BCUT2D eigenvalue weighted by Crippen LogP contribution is 2.41. The van der Waals surface area contributed by atoms with Gasteiger partial charge in [-0.15, -0.1) is 0 Å². The van der Waals surface area contributed by atoms with Crippen molar-refractivity contribution in [2.45, 2.75) is 209 Å². The molecular formula is C89H111N11O10. The van der Waals surface area contributed by atoms with Gasteiger partial charge in [-0.25, -0.2) is 0 Å². The lowest BCUT2D eigenvalue weighted by atomic mass is 9.77. The molecule has 4 saturated heterocycles. The molecule has 4 aliphatic heterocycles. The molecule has 7 aromatic rings. The molecule has 4 fully saturated rings. The molecule has 4 aliphatic rings. The number of fused-ring (bicyclic) bond motifs is 2. The van der Waals surface area contributed by atoms with Crippen molar-refractivity contribution in [2.75, 3.05) is 43.9 Å². The Hall–Kier alpha value is -10.1. The number of nitrogens with zero attached hydrogens (tertiary/aromatic N) is 2. The molecule has 0 radical (unpaired) electrons. The summed E-state index contributed by atoms with van der Waals surface area (Å²) in [6.07, 6.45) is 11.3. The summed E-state index contributed by atoms with van der Waals surface area (Å²) in [5.41, 5.74) is 0.176. The number of amides is 7. The Morgan fingerprint density at radius 2 is 0.882 bits per heavy atom. The van der Waals surface area contributed by atoms with Gasteiger partial charge in [-0.2, -0.15) is 0 Å². The van der Waals surface area contributed by atoms with Crippen molar-refractivity contribution in [3.8, 4) is 0 Å². The number of hydrogen-bond donors (Lipinski definition) is 9. The van der Waals surface area contributed by atoms with Crippen molar-refractivity contribution >= 4 is 58.5 Å². The summed E-state index contributed by atoms with van der Waals surface area (Å²) >= 11 is 0. The Kier molecular flexibility index (Phi) is 28.7. The third-order valence-electron chi connectivity index (χ3n) is 23.5. The second-order valence-corrected chi connectivity index (χ2v) is 30.3. The largest absolute Gasteiger partial charge is 0.380 e. The van der Waals surface area contributed by atoms with Crippen molar-refractivity contribution in [2.24, 2.45) is 17.8 Å². The number of likely N-dealkylation sites (N-methyl/N-ethyl adjacent to an activating group) is 1. The fraction of sp³-hybridized carbons (Fsp3) is 0.461. The fourth-order valence-electron chi connectivity index (χ4n) is 17.3. The van der Waals surface area contributed by atoms with Crippen molar-refractivity contribution in [1.82, 2.24) is 47.0 Å². The number of carbonyl (C=O) groups is 8. The molecule has 21 heteroatoms. The highest BCUT2D eigenvalue weighted by atomic mass is 16.2. The quantitative estimate of drug-likeness (QED) is 0.0128. The van der Waals surface area contributed by atoms with E-state index in [1.54, 1.807) is 41.1 Å². The third kappa shape index (κ3) is 18.7. The zero-order valence-electron chi connectivity index (χ0n) is 64.2. The Balaban J connectivity index is 0.704. The number of rotatable bonds is 39. The van der Waals surface area contributed by atoms with Gasteiger partial charge in [-0.3, -0.25) is 47.9 Å². The fourth-order valence-corrected chi connectivity index (χ4v) is 17.3. The van der Waals surface area contributed by atoms with Crippen LogP contribution in [0.15, 0.2) is 192 Å². The molecule has 0 saturated carbocycles. The molecule has 0 aliphatic carbocycles. The van der Waals surface area contributed by atoms with Crippen LogP contribution in [0.25, 0.3) is 0 Å². The lowest BCUT2D eigenvalue weighted by molar-refractivity contribution is -0.145. The molecule has 11 rings (SSSR count). The minimum atomic E-state index is -1.73. The lowest BCUT2D eigenvalue weighted by Gasteiger charge is -2.38. The van der Waals surface area contributed by atoms with Gasteiger partial charge in [0.05, 0.1) is 6.04 Å². The van der Waals surface area contributed by atoms with E-state index in [9.17, 15) is 19.2 Å². The molecule has 582 valence electrons. The topological polar surface area (TPSA) is 285 Å². The minimum Gasteiger partial charge on any atom is -0.380 e. The van der Waals surface area contributed by atoms with Crippen LogP contribution in [0.5, 0.6) is 0 Å². The van der Waals surface area contributed by atoms with E-state index in [1.807, 2.05) is 166 Å². The molecule has 0 bridgehead atoms. The number of hydrogen-bond acceptors (Lipinski definition) is 14. The maximum absolute atomic E-state index is 15.4.